The van der Waals surface area contributed by atoms with E-state index in [-0.39, 0.29) is 24.0 Å². The van der Waals surface area contributed by atoms with Gasteiger partial charge in [-0.05, 0) is 35.4 Å². The van der Waals surface area contributed by atoms with E-state index in [0.29, 0.717) is 55.4 Å². The van der Waals surface area contributed by atoms with E-state index in [0.717, 1.165) is 17.8 Å². The van der Waals surface area contributed by atoms with Crippen LogP contribution >= 0.6 is 11.6 Å². The van der Waals surface area contributed by atoms with E-state index >= 15 is 4.39 Å². The highest BCUT2D eigenvalue weighted by molar-refractivity contribution is 6.33. The maximum absolute atomic E-state index is 15.1. The lowest BCUT2D eigenvalue weighted by atomic mass is 10.0. The molecule has 2 amide bonds. The zero-order chi connectivity index (χ0) is 30.0. The van der Waals surface area contributed by atoms with Crippen LogP contribution in [0, 0.1) is 5.82 Å². The molecule has 1 aromatic heterocycles. The highest BCUT2D eigenvalue weighted by Gasteiger charge is 2.33. The number of carbonyl (C=O) groups excluding carboxylic acids is 2. The fourth-order valence-electron chi connectivity index (χ4n) is 4.99. The van der Waals surface area contributed by atoms with Gasteiger partial charge in [0, 0.05) is 51.4 Å². The van der Waals surface area contributed by atoms with Gasteiger partial charge in [0.15, 0.2) is 0 Å². The second kappa shape index (κ2) is 12.1. The van der Waals surface area contributed by atoms with Crippen LogP contribution in [0.3, 0.4) is 0 Å². The highest BCUT2D eigenvalue weighted by atomic mass is 35.5. The third kappa shape index (κ3) is 6.76. The van der Waals surface area contributed by atoms with E-state index in [1.807, 2.05) is 29.2 Å². The van der Waals surface area contributed by atoms with Crippen LogP contribution in [0.4, 0.5) is 33.9 Å². The minimum Gasteiger partial charge on any atom is -0.442 e. The third-order valence-electron chi connectivity index (χ3n) is 7.21. The number of halogens is 5. The maximum atomic E-state index is 15.1. The smallest absolute Gasteiger partial charge is 0.417 e. The quantitative estimate of drug-likeness (QED) is 0.366. The lowest BCUT2D eigenvalue weighted by molar-refractivity contribution is -0.137. The van der Waals surface area contributed by atoms with Crippen molar-refractivity contribution in [3.63, 3.8) is 0 Å². The number of piperazine rings is 1. The number of rotatable bonds is 7. The predicted octanol–water partition coefficient (Wildman–Crippen LogP) is 5.34. The average Bonchev–Trinajstić information content (AvgIpc) is 3.33. The number of pyridine rings is 1. The Morgan fingerprint density at radius 2 is 1.81 bits per heavy atom. The number of cyclic esters (lactones) is 1. The Balaban J connectivity index is 1.16. The number of amides is 2. The Morgan fingerprint density at radius 1 is 1.10 bits per heavy atom. The monoisotopic (exact) mass is 605 g/mol. The van der Waals surface area contributed by atoms with Gasteiger partial charge in [0.05, 0.1) is 29.4 Å². The summed E-state index contributed by atoms with van der Waals surface area (Å²) in [5, 5.41) is 2.58. The molecular weight excluding hydrogens is 578 g/mol. The van der Waals surface area contributed by atoms with Crippen LogP contribution in [0.5, 0.6) is 0 Å². The van der Waals surface area contributed by atoms with E-state index in [1.165, 1.54) is 17.9 Å². The van der Waals surface area contributed by atoms with Gasteiger partial charge in [-0.1, -0.05) is 35.9 Å². The van der Waals surface area contributed by atoms with Crippen LogP contribution in [0.1, 0.15) is 18.1 Å². The Labute approximate surface area is 244 Å². The number of hydrogen-bond acceptors (Lipinski definition) is 6. The van der Waals surface area contributed by atoms with Gasteiger partial charge in [-0.25, -0.2) is 14.2 Å². The van der Waals surface area contributed by atoms with Gasteiger partial charge in [-0.2, -0.15) is 13.2 Å². The van der Waals surface area contributed by atoms with E-state index < -0.39 is 29.8 Å². The molecule has 0 bridgehead atoms. The molecule has 0 radical (unpaired) electrons. The summed E-state index contributed by atoms with van der Waals surface area (Å²) >= 11 is 6.11. The zero-order valence-electron chi connectivity index (χ0n) is 22.6. The van der Waals surface area contributed by atoms with E-state index in [9.17, 15) is 22.8 Å². The summed E-state index contributed by atoms with van der Waals surface area (Å²) in [6.45, 7) is 4.88. The molecule has 13 heteroatoms. The lowest BCUT2D eigenvalue weighted by Crippen LogP contribution is -2.46. The molecule has 2 fully saturated rings. The number of aromatic nitrogens is 1. The molecule has 8 nitrogen and oxygen atoms in total. The van der Waals surface area contributed by atoms with Gasteiger partial charge in [0.2, 0.25) is 5.91 Å². The minimum atomic E-state index is -4.50. The first-order valence-corrected chi connectivity index (χ1v) is 13.7. The van der Waals surface area contributed by atoms with Crippen molar-refractivity contribution < 1.29 is 31.9 Å². The summed E-state index contributed by atoms with van der Waals surface area (Å²) in [7, 11) is 0. The van der Waals surface area contributed by atoms with Crippen molar-refractivity contribution in [1.29, 1.82) is 0 Å². The van der Waals surface area contributed by atoms with Crippen molar-refractivity contribution >= 4 is 35.1 Å². The fraction of sp³-hybridized carbons (Fsp3) is 0.345. The summed E-state index contributed by atoms with van der Waals surface area (Å²) in [4.78, 5) is 32.8. The highest BCUT2D eigenvalue weighted by Crippen LogP contribution is 2.34. The summed E-state index contributed by atoms with van der Waals surface area (Å²) in [6.07, 6.45) is -4.81. The minimum absolute atomic E-state index is 0.0272. The number of hydrogen-bond donors (Lipinski definition) is 1. The van der Waals surface area contributed by atoms with Crippen molar-refractivity contribution in [1.82, 2.24) is 15.2 Å². The van der Waals surface area contributed by atoms with E-state index in [1.54, 1.807) is 12.1 Å². The SMILES string of the molecule is CC(=O)NCC1CN(c2ccc(-c3ccc(CN4CCN(c5ncc(C(F)(F)F)cc5Cl)CC4)cc3)c(F)c2)C(=O)O1. The van der Waals surface area contributed by atoms with Gasteiger partial charge in [0.25, 0.3) is 0 Å². The first-order chi connectivity index (χ1) is 20.0. The Bertz CT molecular complexity index is 1460. The third-order valence-corrected chi connectivity index (χ3v) is 7.49. The largest absolute Gasteiger partial charge is 0.442 e. The molecule has 1 atom stereocenters. The van der Waals surface area contributed by atoms with Crippen molar-refractivity contribution in [2.45, 2.75) is 25.7 Å². The number of nitrogens with one attached hydrogen (secondary N) is 1. The molecule has 2 aliphatic heterocycles. The summed E-state index contributed by atoms with van der Waals surface area (Å²) in [5.74, 6) is -0.369. The molecule has 0 spiro atoms. The van der Waals surface area contributed by atoms with Gasteiger partial charge in [-0.15, -0.1) is 0 Å². The van der Waals surface area contributed by atoms with Crippen LogP contribution in [0.15, 0.2) is 54.7 Å². The number of nitrogens with zero attached hydrogens (tertiary/aromatic N) is 4. The molecule has 5 rings (SSSR count). The predicted molar refractivity (Wildman–Crippen MR) is 150 cm³/mol. The van der Waals surface area contributed by atoms with Crippen LogP contribution < -0.4 is 15.1 Å². The summed E-state index contributed by atoms with van der Waals surface area (Å²) in [6, 6.07) is 13.0. The van der Waals surface area contributed by atoms with Crippen LogP contribution in [0.25, 0.3) is 11.1 Å². The van der Waals surface area contributed by atoms with Gasteiger partial charge in [-0.3, -0.25) is 14.6 Å². The molecule has 222 valence electrons. The van der Waals surface area contributed by atoms with E-state index in [4.69, 9.17) is 16.3 Å². The second-order valence-electron chi connectivity index (χ2n) is 10.2. The number of alkyl halides is 3. The van der Waals surface area contributed by atoms with Crippen molar-refractivity contribution in [2.75, 3.05) is 49.1 Å². The van der Waals surface area contributed by atoms with Crippen LogP contribution in [0.2, 0.25) is 5.02 Å². The summed E-state index contributed by atoms with van der Waals surface area (Å²) in [5.41, 5.74) is 1.60. The topological polar surface area (TPSA) is 78.0 Å². The Morgan fingerprint density at radius 3 is 2.43 bits per heavy atom. The molecule has 2 saturated heterocycles. The molecular formula is C29H28ClF4N5O3. The van der Waals surface area contributed by atoms with Crippen LogP contribution in [-0.4, -0.2) is 67.3 Å². The number of anilines is 2. The number of benzene rings is 2. The molecule has 3 heterocycles. The molecule has 2 aliphatic rings. The molecule has 0 aliphatic carbocycles. The Hall–Kier alpha value is -3.90. The summed E-state index contributed by atoms with van der Waals surface area (Å²) < 4.78 is 59.1. The van der Waals surface area contributed by atoms with Gasteiger partial charge >= 0.3 is 12.3 Å². The van der Waals surface area contributed by atoms with Gasteiger partial charge < -0.3 is 15.0 Å². The first-order valence-electron chi connectivity index (χ1n) is 13.3. The van der Waals surface area contributed by atoms with Gasteiger partial charge in [0.1, 0.15) is 17.7 Å². The van der Waals surface area contributed by atoms with Crippen molar-refractivity contribution in [3.05, 3.63) is 76.7 Å². The molecule has 0 saturated carbocycles. The first kappa shape index (κ1) is 29.6. The molecule has 42 heavy (non-hydrogen) atoms. The molecule has 2 aromatic carbocycles. The zero-order valence-corrected chi connectivity index (χ0v) is 23.4. The Kier molecular flexibility index (Phi) is 8.55. The molecule has 1 N–H and O–H groups in total. The number of carbonyl (C=O) groups is 2. The fourth-order valence-corrected chi connectivity index (χ4v) is 5.27. The normalized spacial score (nSPS) is 17.9. The molecule has 1 unspecified atom stereocenters. The van der Waals surface area contributed by atoms with Crippen molar-refractivity contribution in [3.8, 4) is 11.1 Å². The van der Waals surface area contributed by atoms with Crippen LogP contribution in [-0.2, 0) is 22.3 Å². The van der Waals surface area contributed by atoms with E-state index in [2.05, 4.69) is 15.2 Å². The van der Waals surface area contributed by atoms with Crippen molar-refractivity contribution in [2.24, 2.45) is 0 Å². The molecule has 3 aromatic rings. The number of ether oxygens (including phenoxy) is 1. The average molecular weight is 606 g/mol. The second-order valence-corrected chi connectivity index (χ2v) is 10.6. The standard InChI is InChI=1S/C29H28ClF4N5O3/c1-18(40)35-15-23-17-39(28(41)42-23)22-6-7-24(26(31)13-22)20-4-2-19(3-5-20)16-37-8-10-38(11-9-37)27-25(30)12-21(14-36-27)29(32,33)34/h2-7,12-14,23H,8-11,15-17H2,1H3,(H,35,40). The maximum Gasteiger partial charge on any atom is 0.417 e. The lowest BCUT2D eigenvalue weighted by Gasteiger charge is -2.35.